The van der Waals surface area contributed by atoms with Crippen LogP contribution in [0.15, 0.2) is 43.1 Å². The Labute approximate surface area is 152 Å². The SMILES string of the molecule is O=C(Nc1ccnc(C(F)(F)F)c1)c1cc(C(F)(F)F)nc(-n2ccnc2)n1. The molecule has 28 heavy (non-hydrogen) atoms. The van der Waals surface area contributed by atoms with Gasteiger partial charge in [-0.25, -0.2) is 15.0 Å². The van der Waals surface area contributed by atoms with Crippen LogP contribution in [-0.4, -0.2) is 30.4 Å². The van der Waals surface area contributed by atoms with Gasteiger partial charge in [0.05, 0.1) is 0 Å². The molecule has 3 aromatic rings. The fourth-order valence-corrected chi connectivity index (χ4v) is 2.05. The van der Waals surface area contributed by atoms with Crippen molar-refractivity contribution < 1.29 is 31.1 Å². The van der Waals surface area contributed by atoms with Crippen molar-refractivity contribution >= 4 is 11.6 Å². The second-order valence-electron chi connectivity index (χ2n) is 5.29. The number of carbonyl (C=O) groups is 1. The first-order valence-corrected chi connectivity index (χ1v) is 7.33. The van der Waals surface area contributed by atoms with Crippen molar-refractivity contribution in [1.29, 1.82) is 0 Å². The van der Waals surface area contributed by atoms with E-state index >= 15 is 0 Å². The summed E-state index contributed by atoms with van der Waals surface area (Å²) in [5.41, 5.74) is -3.69. The van der Waals surface area contributed by atoms with E-state index in [1.54, 1.807) is 0 Å². The van der Waals surface area contributed by atoms with Gasteiger partial charge in [0.15, 0.2) is 5.69 Å². The number of pyridine rings is 1. The first-order valence-electron chi connectivity index (χ1n) is 7.33. The molecule has 0 radical (unpaired) electrons. The number of aromatic nitrogens is 5. The zero-order valence-electron chi connectivity index (χ0n) is 13.5. The molecule has 0 saturated carbocycles. The number of nitrogens with one attached hydrogen (secondary N) is 1. The Kier molecular flexibility index (Phi) is 4.75. The number of anilines is 1. The van der Waals surface area contributed by atoms with Gasteiger partial charge in [-0.05, 0) is 12.1 Å². The summed E-state index contributed by atoms with van der Waals surface area (Å²) in [5.74, 6) is -1.64. The predicted octanol–water partition coefficient (Wildman–Crippen LogP) is 3.35. The molecule has 0 aromatic carbocycles. The minimum absolute atomic E-state index is 0.316. The summed E-state index contributed by atoms with van der Waals surface area (Å²) in [4.78, 5) is 26.1. The van der Waals surface area contributed by atoms with Gasteiger partial charge in [0.2, 0.25) is 5.95 Å². The lowest BCUT2D eigenvalue weighted by atomic mass is 10.2. The van der Waals surface area contributed by atoms with Gasteiger partial charge in [-0.1, -0.05) is 0 Å². The Hall–Kier alpha value is -3.51. The van der Waals surface area contributed by atoms with Crippen LogP contribution in [0.2, 0.25) is 0 Å². The summed E-state index contributed by atoms with van der Waals surface area (Å²) in [5, 5.41) is 2.06. The first-order chi connectivity index (χ1) is 13.0. The highest BCUT2D eigenvalue weighted by atomic mass is 19.4. The summed E-state index contributed by atoms with van der Waals surface area (Å²) in [6, 6.07) is 1.98. The van der Waals surface area contributed by atoms with E-state index in [-0.39, 0.29) is 5.69 Å². The van der Waals surface area contributed by atoms with Crippen molar-refractivity contribution in [3.63, 3.8) is 0 Å². The van der Waals surface area contributed by atoms with Crippen LogP contribution in [0.5, 0.6) is 0 Å². The van der Waals surface area contributed by atoms with Gasteiger partial charge < -0.3 is 5.32 Å². The Morgan fingerprint density at radius 2 is 1.68 bits per heavy atom. The molecule has 0 aliphatic rings. The average molecular weight is 402 g/mol. The largest absolute Gasteiger partial charge is 0.433 e. The third kappa shape index (κ3) is 4.24. The molecule has 146 valence electrons. The lowest BCUT2D eigenvalue weighted by molar-refractivity contribution is -0.142. The number of alkyl halides is 6. The van der Waals surface area contributed by atoms with Gasteiger partial charge in [-0.3, -0.25) is 14.3 Å². The second-order valence-corrected chi connectivity index (χ2v) is 5.29. The fourth-order valence-electron chi connectivity index (χ4n) is 2.05. The molecule has 0 aliphatic carbocycles. The number of amides is 1. The molecule has 1 N–H and O–H groups in total. The van der Waals surface area contributed by atoms with E-state index in [4.69, 9.17) is 0 Å². The number of halogens is 6. The number of rotatable bonds is 3. The molecule has 0 aliphatic heterocycles. The summed E-state index contributed by atoms with van der Waals surface area (Å²) in [6.07, 6.45) is -5.19. The van der Waals surface area contributed by atoms with E-state index in [2.05, 4.69) is 25.3 Å². The first kappa shape index (κ1) is 19.3. The van der Waals surface area contributed by atoms with Gasteiger partial charge in [-0.15, -0.1) is 0 Å². The van der Waals surface area contributed by atoms with Gasteiger partial charge in [0, 0.05) is 30.3 Å². The Balaban J connectivity index is 1.96. The number of hydrogen-bond donors (Lipinski definition) is 1. The van der Waals surface area contributed by atoms with Crippen LogP contribution in [-0.2, 0) is 12.4 Å². The van der Waals surface area contributed by atoms with Crippen molar-refractivity contribution in [3.8, 4) is 5.95 Å². The molecule has 0 fully saturated rings. The molecule has 0 unspecified atom stereocenters. The zero-order valence-corrected chi connectivity index (χ0v) is 13.5. The predicted molar refractivity (Wildman–Crippen MR) is 81.3 cm³/mol. The highest BCUT2D eigenvalue weighted by Gasteiger charge is 2.35. The second kappa shape index (κ2) is 6.90. The smallest absolute Gasteiger partial charge is 0.321 e. The monoisotopic (exact) mass is 402 g/mol. The maximum atomic E-state index is 13.1. The third-order valence-electron chi connectivity index (χ3n) is 3.28. The van der Waals surface area contributed by atoms with Crippen LogP contribution in [0.4, 0.5) is 32.0 Å². The third-order valence-corrected chi connectivity index (χ3v) is 3.28. The highest BCUT2D eigenvalue weighted by molar-refractivity contribution is 6.03. The Bertz CT molecular complexity index is 999. The number of nitrogens with zero attached hydrogens (tertiary/aromatic N) is 5. The molecule has 0 atom stereocenters. The standard InChI is InChI=1S/C15H8F6N6O/c16-14(17,18)10-5-8(1-2-23-10)24-12(28)9-6-11(15(19,20)21)26-13(25-9)27-4-3-22-7-27/h1-7H,(H,23,24,28). The minimum atomic E-state index is -4.88. The summed E-state index contributed by atoms with van der Waals surface area (Å²) >= 11 is 0. The van der Waals surface area contributed by atoms with Gasteiger partial charge >= 0.3 is 12.4 Å². The maximum absolute atomic E-state index is 13.1. The van der Waals surface area contributed by atoms with Crippen LogP contribution in [0.3, 0.4) is 0 Å². The van der Waals surface area contributed by atoms with Gasteiger partial charge in [0.1, 0.15) is 17.7 Å². The maximum Gasteiger partial charge on any atom is 0.433 e. The van der Waals surface area contributed by atoms with E-state index in [0.29, 0.717) is 12.1 Å². The normalized spacial score (nSPS) is 12.1. The Morgan fingerprint density at radius 3 is 2.29 bits per heavy atom. The molecule has 0 bridgehead atoms. The molecule has 7 nitrogen and oxygen atoms in total. The number of carbonyl (C=O) groups excluding carboxylic acids is 1. The summed E-state index contributed by atoms with van der Waals surface area (Å²) < 4.78 is 78.4. The number of imidazole rings is 1. The van der Waals surface area contributed by atoms with E-state index in [0.717, 1.165) is 23.2 Å². The number of hydrogen-bond acceptors (Lipinski definition) is 5. The topological polar surface area (TPSA) is 85.6 Å². The lowest BCUT2D eigenvalue weighted by Crippen LogP contribution is -2.19. The molecule has 13 heteroatoms. The fraction of sp³-hybridized carbons (Fsp3) is 0.133. The van der Waals surface area contributed by atoms with E-state index < -0.39 is 41.3 Å². The van der Waals surface area contributed by atoms with E-state index in [1.165, 1.54) is 12.4 Å². The molecule has 3 aromatic heterocycles. The molecule has 1 amide bonds. The van der Waals surface area contributed by atoms with Crippen LogP contribution in [0.25, 0.3) is 5.95 Å². The molecular weight excluding hydrogens is 394 g/mol. The Morgan fingerprint density at radius 1 is 0.964 bits per heavy atom. The van der Waals surface area contributed by atoms with Crippen LogP contribution < -0.4 is 5.32 Å². The van der Waals surface area contributed by atoms with E-state index in [1.807, 2.05) is 0 Å². The van der Waals surface area contributed by atoms with Crippen molar-refractivity contribution in [2.75, 3.05) is 5.32 Å². The van der Waals surface area contributed by atoms with Crippen LogP contribution >= 0.6 is 0 Å². The van der Waals surface area contributed by atoms with Gasteiger partial charge in [0.25, 0.3) is 5.91 Å². The minimum Gasteiger partial charge on any atom is -0.321 e. The summed E-state index contributed by atoms with van der Waals surface area (Å²) in [6.45, 7) is 0. The summed E-state index contributed by atoms with van der Waals surface area (Å²) in [7, 11) is 0. The highest BCUT2D eigenvalue weighted by Crippen LogP contribution is 2.30. The van der Waals surface area contributed by atoms with Crippen molar-refractivity contribution in [3.05, 3.63) is 60.2 Å². The van der Waals surface area contributed by atoms with Crippen molar-refractivity contribution in [2.24, 2.45) is 0 Å². The van der Waals surface area contributed by atoms with Crippen LogP contribution in [0, 0.1) is 0 Å². The molecule has 3 rings (SSSR count). The zero-order chi connectivity index (χ0) is 20.5. The van der Waals surface area contributed by atoms with E-state index in [9.17, 15) is 31.1 Å². The molecule has 0 saturated heterocycles. The van der Waals surface area contributed by atoms with Crippen molar-refractivity contribution in [2.45, 2.75) is 12.4 Å². The molecule has 3 heterocycles. The quantitative estimate of drug-likeness (QED) is 0.680. The lowest BCUT2D eigenvalue weighted by Gasteiger charge is -2.12. The van der Waals surface area contributed by atoms with Gasteiger partial charge in [-0.2, -0.15) is 26.3 Å². The van der Waals surface area contributed by atoms with Crippen LogP contribution in [0.1, 0.15) is 21.9 Å². The molecular formula is C15H8F6N6O. The molecule has 0 spiro atoms. The van der Waals surface area contributed by atoms with Crippen molar-refractivity contribution in [1.82, 2.24) is 24.5 Å². The average Bonchev–Trinajstić information content (AvgIpc) is 3.15.